The third-order valence-corrected chi connectivity index (χ3v) is 1.73. The molecule has 5 nitrogen and oxygen atoms in total. The molecular formula is C5H7Br2N3O2. The van der Waals surface area contributed by atoms with Gasteiger partial charge in [0, 0.05) is 0 Å². The van der Waals surface area contributed by atoms with Crippen LogP contribution in [0.4, 0.5) is 5.82 Å². The number of nitrogen functional groups attached to an aromatic ring is 1. The second-order valence-electron chi connectivity index (χ2n) is 1.93. The number of carboxylic acid groups (broad SMARTS) is 1. The number of rotatable bonds is 2. The number of nitrogens with two attached hydrogens (primary N) is 1. The van der Waals surface area contributed by atoms with Crippen molar-refractivity contribution >= 4 is 44.7 Å². The molecule has 0 radical (unpaired) electrons. The molecule has 0 aromatic carbocycles. The Hall–Kier alpha value is -0.560. The molecule has 0 aliphatic carbocycles. The maximum absolute atomic E-state index is 10.2. The molecular weight excluding hydrogens is 294 g/mol. The Kier molecular flexibility index (Phi) is 4.25. The number of nitrogens with zero attached hydrogens (tertiary/aromatic N) is 2. The predicted octanol–water partition coefficient (Wildman–Crippen LogP) is 0.890. The second-order valence-corrected chi connectivity index (χ2v) is 2.78. The van der Waals surface area contributed by atoms with E-state index in [0.717, 1.165) is 0 Å². The first-order chi connectivity index (χ1) is 5.11. The van der Waals surface area contributed by atoms with Crippen molar-refractivity contribution in [1.29, 1.82) is 0 Å². The minimum absolute atomic E-state index is 0. The molecule has 0 spiro atoms. The summed E-state index contributed by atoms with van der Waals surface area (Å²) in [5.41, 5.74) is 5.44. The molecule has 68 valence electrons. The van der Waals surface area contributed by atoms with Crippen LogP contribution in [-0.4, -0.2) is 20.9 Å². The molecule has 12 heavy (non-hydrogen) atoms. The minimum atomic E-state index is -0.965. The van der Waals surface area contributed by atoms with Gasteiger partial charge in [-0.1, -0.05) is 0 Å². The van der Waals surface area contributed by atoms with E-state index in [-0.39, 0.29) is 23.5 Å². The van der Waals surface area contributed by atoms with Crippen LogP contribution in [0, 0.1) is 0 Å². The normalized spacial score (nSPS) is 9.08. The van der Waals surface area contributed by atoms with E-state index in [9.17, 15) is 4.79 Å². The van der Waals surface area contributed by atoms with Crippen LogP contribution in [-0.2, 0) is 11.3 Å². The maximum atomic E-state index is 10.2. The van der Waals surface area contributed by atoms with E-state index in [4.69, 9.17) is 10.8 Å². The quantitative estimate of drug-likeness (QED) is 0.850. The highest BCUT2D eigenvalue weighted by Gasteiger charge is 2.06. The number of aromatic nitrogens is 2. The highest BCUT2D eigenvalue weighted by Crippen LogP contribution is 2.17. The summed E-state index contributed by atoms with van der Waals surface area (Å²) in [6.45, 7) is -0.211. The molecule has 3 N–H and O–H groups in total. The Bertz CT molecular complexity index is 286. The zero-order valence-electron chi connectivity index (χ0n) is 5.90. The summed E-state index contributed by atoms with van der Waals surface area (Å²) in [5, 5.41) is 12.1. The molecule has 0 unspecified atom stereocenters. The van der Waals surface area contributed by atoms with E-state index >= 15 is 0 Å². The average Bonchev–Trinajstić information content (AvgIpc) is 2.18. The number of hydrogen-bond acceptors (Lipinski definition) is 3. The van der Waals surface area contributed by atoms with Gasteiger partial charge in [-0.15, -0.1) is 17.0 Å². The Morgan fingerprint density at radius 2 is 2.42 bits per heavy atom. The number of carboxylic acids is 1. The number of hydrogen-bond donors (Lipinski definition) is 2. The molecule has 1 heterocycles. The Morgan fingerprint density at radius 1 is 1.83 bits per heavy atom. The standard InChI is InChI=1S/C5H6BrN3O2.BrH/c6-3-1-8-9(5(3)7)2-4(10)11;/h1H,2,7H2,(H,10,11);1H. The molecule has 0 amide bonds. The maximum Gasteiger partial charge on any atom is 0.325 e. The largest absolute Gasteiger partial charge is 0.480 e. The summed E-state index contributed by atoms with van der Waals surface area (Å²) in [4.78, 5) is 10.2. The summed E-state index contributed by atoms with van der Waals surface area (Å²) >= 11 is 3.10. The summed E-state index contributed by atoms with van der Waals surface area (Å²) in [6, 6.07) is 0. The topological polar surface area (TPSA) is 81.1 Å². The van der Waals surface area contributed by atoms with E-state index in [0.29, 0.717) is 10.3 Å². The van der Waals surface area contributed by atoms with Crippen molar-refractivity contribution < 1.29 is 9.90 Å². The molecule has 1 aromatic rings. The van der Waals surface area contributed by atoms with Crippen molar-refractivity contribution in [3.63, 3.8) is 0 Å². The molecule has 1 aromatic heterocycles. The van der Waals surface area contributed by atoms with Crippen molar-refractivity contribution in [3.8, 4) is 0 Å². The summed E-state index contributed by atoms with van der Waals surface area (Å²) in [6.07, 6.45) is 1.46. The summed E-state index contributed by atoms with van der Waals surface area (Å²) in [7, 11) is 0. The number of halogens is 2. The molecule has 0 saturated carbocycles. The SMILES string of the molecule is Br.Nc1c(Br)cnn1CC(=O)O. The van der Waals surface area contributed by atoms with Crippen LogP contribution in [0.5, 0.6) is 0 Å². The fourth-order valence-corrected chi connectivity index (χ4v) is 0.922. The Labute approximate surface area is 87.4 Å². The summed E-state index contributed by atoms with van der Waals surface area (Å²) in [5.74, 6) is -0.639. The first kappa shape index (κ1) is 11.4. The van der Waals surface area contributed by atoms with Gasteiger partial charge in [0.15, 0.2) is 0 Å². The van der Waals surface area contributed by atoms with Crippen molar-refractivity contribution in [2.45, 2.75) is 6.54 Å². The lowest BCUT2D eigenvalue weighted by molar-refractivity contribution is -0.137. The van der Waals surface area contributed by atoms with Gasteiger partial charge in [0.05, 0.1) is 10.7 Å². The number of aliphatic carboxylic acids is 1. The smallest absolute Gasteiger partial charge is 0.325 e. The Balaban J connectivity index is 0.00000121. The molecule has 0 fully saturated rings. The molecule has 0 saturated heterocycles. The van der Waals surface area contributed by atoms with Gasteiger partial charge < -0.3 is 10.8 Å². The number of carbonyl (C=O) groups is 1. The van der Waals surface area contributed by atoms with Gasteiger partial charge in [-0.2, -0.15) is 5.10 Å². The lowest BCUT2D eigenvalue weighted by Crippen LogP contribution is -2.12. The monoisotopic (exact) mass is 299 g/mol. The van der Waals surface area contributed by atoms with Gasteiger partial charge in [0.2, 0.25) is 0 Å². The molecule has 7 heteroatoms. The minimum Gasteiger partial charge on any atom is -0.480 e. The Morgan fingerprint density at radius 3 is 2.75 bits per heavy atom. The van der Waals surface area contributed by atoms with E-state index in [1.807, 2.05) is 0 Å². The van der Waals surface area contributed by atoms with Crippen LogP contribution < -0.4 is 5.73 Å². The molecule has 1 rings (SSSR count). The van der Waals surface area contributed by atoms with Gasteiger partial charge in [0.25, 0.3) is 0 Å². The van der Waals surface area contributed by atoms with E-state index < -0.39 is 5.97 Å². The molecule has 0 atom stereocenters. The highest BCUT2D eigenvalue weighted by molar-refractivity contribution is 9.10. The van der Waals surface area contributed by atoms with Crippen LogP contribution in [0.3, 0.4) is 0 Å². The molecule has 0 aliphatic rings. The molecule has 0 aliphatic heterocycles. The average molecular weight is 301 g/mol. The fourth-order valence-electron chi connectivity index (χ4n) is 0.626. The zero-order valence-corrected chi connectivity index (χ0v) is 9.20. The van der Waals surface area contributed by atoms with Crippen LogP contribution in [0.1, 0.15) is 0 Å². The third-order valence-electron chi connectivity index (χ3n) is 1.12. The number of anilines is 1. The van der Waals surface area contributed by atoms with E-state index in [2.05, 4.69) is 21.0 Å². The molecule has 0 bridgehead atoms. The summed E-state index contributed by atoms with van der Waals surface area (Å²) < 4.78 is 1.81. The van der Waals surface area contributed by atoms with Crippen LogP contribution in [0.25, 0.3) is 0 Å². The van der Waals surface area contributed by atoms with Crippen molar-refractivity contribution in [3.05, 3.63) is 10.7 Å². The zero-order chi connectivity index (χ0) is 8.43. The van der Waals surface area contributed by atoms with Gasteiger partial charge >= 0.3 is 5.97 Å². The second kappa shape index (κ2) is 4.46. The van der Waals surface area contributed by atoms with E-state index in [1.54, 1.807) is 0 Å². The van der Waals surface area contributed by atoms with Crippen LogP contribution >= 0.6 is 32.9 Å². The van der Waals surface area contributed by atoms with E-state index in [1.165, 1.54) is 10.9 Å². The fraction of sp³-hybridized carbons (Fsp3) is 0.200. The predicted molar refractivity (Wildman–Crippen MR) is 52.3 cm³/mol. The van der Waals surface area contributed by atoms with Crippen LogP contribution in [0.2, 0.25) is 0 Å². The van der Waals surface area contributed by atoms with Gasteiger partial charge in [-0.05, 0) is 15.9 Å². The van der Waals surface area contributed by atoms with Crippen molar-refractivity contribution in [2.75, 3.05) is 5.73 Å². The van der Waals surface area contributed by atoms with Gasteiger partial charge in [0.1, 0.15) is 12.4 Å². The lowest BCUT2D eigenvalue weighted by Gasteiger charge is -1.97. The first-order valence-electron chi connectivity index (χ1n) is 2.80. The van der Waals surface area contributed by atoms with Gasteiger partial charge in [-0.3, -0.25) is 4.79 Å². The first-order valence-corrected chi connectivity index (χ1v) is 3.59. The third kappa shape index (κ3) is 2.49. The lowest BCUT2D eigenvalue weighted by atomic mass is 10.6. The van der Waals surface area contributed by atoms with Gasteiger partial charge in [-0.25, -0.2) is 4.68 Å². The van der Waals surface area contributed by atoms with Crippen LogP contribution in [0.15, 0.2) is 10.7 Å². The van der Waals surface area contributed by atoms with Crippen molar-refractivity contribution in [2.24, 2.45) is 0 Å². The highest BCUT2D eigenvalue weighted by atomic mass is 79.9. The van der Waals surface area contributed by atoms with Crippen molar-refractivity contribution in [1.82, 2.24) is 9.78 Å².